The highest BCUT2D eigenvalue weighted by Gasteiger charge is 2.15. The summed E-state index contributed by atoms with van der Waals surface area (Å²) in [7, 11) is 0. The molecule has 2 amide bonds. The molecule has 0 aliphatic heterocycles. The van der Waals surface area contributed by atoms with Gasteiger partial charge in [-0.3, -0.25) is 5.43 Å². The van der Waals surface area contributed by atoms with Crippen molar-refractivity contribution in [1.82, 2.24) is 25.1 Å². The van der Waals surface area contributed by atoms with Crippen LogP contribution in [0.1, 0.15) is 0 Å². The smallest absolute Gasteiger partial charge is 0.273 e. The maximum absolute atomic E-state index is 11.2. The van der Waals surface area contributed by atoms with E-state index in [0.29, 0.717) is 16.3 Å². The third-order valence-corrected chi connectivity index (χ3v) is 2.11. The first-order valence-electron chi connectivity index (χ1n) is 4.04. The first-order chi connectivity index (χ1) is 7.65. The molecule has 5 N–H and O–H groups in total. The Morgan fingerprint density at radius 3 is 2.94 bits per heavy atom. The highest BCUT2D eigenvalue weighted by atomic mass is 35.5. The third kappa shape index (κ3) is 1.52. The number of carbonyl (C=O) groups excluding carboxylic acids is 1. The van der Waals surface area contributed by atoms with Gasteiger partial charge in [0.15, 0.2) is 10.8 Å². The number of aromatic nitrogens is 4. The highest BCUT2D eigenvalue weighted by molar-refractivity contribution is 6.33. The van der Waals surface area contributed by atoms with E-state index in [2.05, 4.69) is 15.0 Å². The zero-order valence-electron chi connectivity index (χ0n) is 7.83. The van der Waals surface area contributed by atoms with Crippen LogP contribution in [0.5, 0.6) is 0 Å². The van der Waals surface area contributed by atoms with Gasteiger partial charge in [-0.1, -0.05) is 11.6 Å². The van der Waals surface area contributed by atoms with Crippen LogP contribution in [-0.2, 0) is 0 Å². The Morgan fingerprint density at radius 2 is 2.25 bits per heavy atom. The van der Waals surface area contributed by atoms with E-state index in [1.807, 2.05) is 5.43 Å². The van der Waals surface area contributed by atoms with E-state index >= 15 is 0 Å². The number of hydrazine groups is 2. The van der Waals surface area contributed by atoms with Crippen LogP contribution in [0.3, 0.4) is 0 Å². The van der Waals surface area contributed by atoms with Gasteiger partial charge in [0.25, 0.3) is 0 Å². The lowest BCUT2D eigenvalue weighted by molar-refractivity contribution is 0.241. The molecule has 0 saturated carbocycles. The van der Waals surface area contributed by atoms with E-state index in [0.717, 1.165) is 0 Å². The van der Waals surface area contributed by atoms with Crippen LogP contribution in [0.25, 0.3) is 11.2 Å². The van der Waals surface area contributed by atoms with Gasteiger partial charge in [-0.15, -0.1) is 0 Å². The summed E-state index contributed by atoms with van der Waals surface area (Å²) in [5.74, 6) is 10.4. The number of nitrogens with one attached hydrogen (secondary N) is 1. The monoisotopic (exact) mass is 242 g/mol. The normalized spacial score (nSPS) is 10.4. The maximum Gasteiger partial charge on any atom is 0.365 e. The second kappa shape index (κ2) is 3.89. The topological polar surface area (TPSA) is 128 Å². The zero-order chi connectivity index (χ0) is 11.7. The van der Waals surface area contributed by atoms with Gasteiger partial charge in [-0.05, 0) is 0 Å². The lowest BCUT2D eigenvalue weighted by Gasteiger charge is -2.15. The summed E-state index contributed by atoms with van der Waals surface area (Å²) in [6, 6.07) is -0.728. The van der Waals surface area contributed by atoms with Gasteiger partial charge in [0.2, 0.25) is 0 Å². The van der Waals surface area contributed by atoms with Gasteiger partial charge >= 0.3 is 6.03 Å². The van der Waals surface area contributed by atoms with E-state index in [4.69, 9.17) is 23.3 Å². The minimum atomic E-state index is -0.728. The van der Waals surface area contributed by atoms with Gasteiger partial charge < -0.3 is 0 Å². The molecule has 0 bridgehead atoms. The molecular weight excluding hydrogens is 236 g/mol. The van der Waals surface area contributed by atoms with Crippen LogP contribution in [0.2, 0.25) is 5.15 Å². The molecule has 16 heavy (non-hydrogen) atoms. The number of halogens is 1. The quantitative estimate of drug-likeness (QED) is 0.251. The predicted molar refractivity (Wildman–Crippen MR) is 55.5 cm³/mol. The third-order valence-electron chi connectivity index (χ3n) is 1.84. The molecule has 2 aromatic heterocycles. The van der Waals surface area contributed by atoms with Crippen molar-refractivity contribution in [3.05, 3.63) is 17.8 Å². The summed E-state index contributed by atoms with van der Waals surface area (Å²) < 4.78 is 1.19. The van der Waals surface area contributed by atoms with E-state index in [1.54, 1.807) is 0 Å². The molecule has 84 valence electrons. The van der Waals surface area contributed by atoms with Crippen molar-refractivity contribution in [3.63, 3.8) is 0 Å². The summed E-state index contributed by atoms with van der Waals surface area (Å²) in [6.45, 7) is 0. The first kappa shape index (κ1) is 10.5. The van der Waals surface area contributed by atoms with Crippen molar-refractivity contribution >= 4 is 28.8 Å². The molecule has 0 aliphatic carbocycles. The number of nitrogens with two attached hydrogens (primary N) is 2. The number of urea groups is 1. The van der Waals surface area contributed by atoms with E-state index in [1.165, 1.54) is 17.3 Å². The molecule has 0 aliphatic rings. The molecule has 0 fully saturated rings. The van der Waals surface area contributed by atoms with Crippen molar-refractivity contribution in [2.75, 3.05) is 5.12 Å². The Hall–Kier alpha value is -1.97. The lowest BCUT2D eigenvalue weighted by atomic mass is 10.6. The molecule has 0 aromatic carbocycles. The average molecular weight is 243 g/mol. The lowest BCUT2D eigenvalue weighted by Crippen LogP contribution is -2.53. The number of rotatable bonds is 1. The fraction of sp³-hybridized carbons (Fsp3) is 0. The molecule has 0 radical (unpaired) electrons. The maximum atomic E-state index is 11.2. The zero-order valence-corrected chi connectivity index (χ0v) is 8.59. The molecule has 10 heteroatoms. The second-order valence-corrected chi connectivity index (χ2v) is 3.08. The number of nitrogens with zero attached hydrogens (tertiary/aromatic N) is 5. The minimum absolute atomic E-state index is 0.172. The van der Waals surface area contributed by atoms with E-state index in [-0.39, 0.29) is 5.15 Å². The molecule has 2 aromatic rings. The van der Waals surface area contributed by atoms with Gasteiger partial charge in [0, 0.05) is 0 Å². The predicted octanol–water partition coefficient (Wildman–Crippen LogP) is -1.13. The Labute approximate surface area is 93.9 Å². The van der Waals surface area contributed by atoms with Crippen molar-refractivity contribution in [2.24, 2.45) is 11.7 Å². The number of amides is 2. The van der Waals surface area contributed by atoms with Gasteiger partial charge in [0.05, 0.1) is 0 Å². The summed E-state index contributed by atoms with van der Waals surface area (Å²) in [5.41, 5.74) is 2.50. The SMILES string of the molecule is NNC(=O)N(N)n1cnc2c(Cl)ncnc21. The molecule has 9 nitrogen and oxygen atoms in total. The summed E-state index contributed by atoms with van der Waals surface area (Å²) in [5, 5.41) is 0.879. The number of hydrogen-bond acceptors (Lipinski definition) is 6. The Bertz CT molecular complexity index is 538. The highest BCUT2D eigenvalue weighted by Crippen LogP contribution is 2.16. The van der Waals surface area contributed by atoms with Crippen LogP contribution in [-0.4, -0.2) is 25.7 Å². The second-order valence-electron chi connectivity index (χ2n) is 2.72. The summed E-state index contributed by atoms with van der Waals surface area (Å²) >= 11 is 5.78. The Morgan fingerprint density at radius 1 is 1.50 bits per heavy atom. The number of hydrogen-bond donors (Lipinski definition) is 3. The van der Waals surface area contributed by atoms with Crippen LogP contribution in [0.15, 0.2) is 12.7 Å². The standard InChI is InChI=1S/C6H7ClN8O/c7-4-3-5(11-1-10-4)14(2-12-3)15(9)6(16)13-8/h1-2H,8-9H2,(H,13,16). The van der Waals surface area contributed by atoms with E-state index < -0.39 is 6.03 Å². The largest absolute Gasteiger partial charge is 0.365 e. The molecule has 0 spiro atoms. The van der Waals surface area contributed by atoms with Crippen molar-refractivity contribution < 1.29 is 4.79 Å². The number of imidazole rings is 1. The van der Waals surface area contributed by atoms with Crippen LogP contribution in [0.4, 0.5) is 4.79 Å². The van der Waals surface area contributed by atoms with E-state index in [9.17, 15) is 4.79 Å². The van der Waals surface area contributed by atoms with Crippen LogP contribution in [0, 0.1) is 0 Å². The molecule has 0 saturated heterocycles. The molecule has 2 heterocycles. The van der Waals surface area contributed by atoms with Gasteiger partial charge in [0.1, 0.15) is 18.2 Å². The summed E-state index contributed by atoms with van der Waals surface area (Å²) in [6.07, 6.45) is 2.51. The van der Waals surface area contributed by atoms with Gasteiger partial charge in [-0.25, -0.2) is 36.1 Å². The minimum Gasteiger partial charge on any atom is -0.273 e. The first-order valence-corrected chi connectivity index (χ1v) is 4.42. The number of fused-ring (bicyclic) bond motifs is 1. The van der Waals surface area contributed by atoms with Gasteiger partial charge in [-0.2, -0.15) is 5.12 Å². The Balaban J connectivity index is 2.54. The average Bonchev–Trinajstić information content (AvgIpc) is 2.72. The molecule has 0 unspecified atom stereocenters. The Kier molecular flexibility index (Phi) is 2.56. The van der Waals surface area contributed by atoms with Crippen LogP contribution < -0.4 is 22.2 Å². The van der Waals surface area contributed by atoms with Crippen molar-refractivity contribution in [2.45, 2.75) is 0 Å². The number of carbonyl (C=O) groups is 1. The van der Waals surface area contributed by atoms with Crippen molar-refractivity contribution in [3.8, 4) is 0 Å². The molecule has 2 rings (SSSR count). The van der Waals surface area contributed by atoms with Crippen LogP contribution >= 0.6 is 11.6 Å². The summed E-state index contributed by atoms with van der Waals surface area (Å²) in [4.78, 5) is 22.7. The molecular formula is C6H7ClN8O. The fourth-order valence-electron chi connectivity index (χ4n) is 1.12. The molecule has 0 atom stereocenters. The van der Waals surface area contributed by atoms with Crippen molar-refractivity contribution in [1.29, 1.82) is 0 Å². The fourth-order valence-corrected chi connectivity index (χ4v) is 1.29.